The first-order chi connectivity index (χ1) is 8.29. The molecule has 3 nitrogen and oxygen atoms in total. The van der Waals surface area contributed by atoms with Crippen LogP contribution in [-0.4, -0.2) is 15.0 Å². The fourth-order valence-corrected chi connectivity index (χ4v) is 2.58. The summed E-state index contributed by atoms with van der Waals surface area (Å²) in [6.45, 7) is 3.41. The summed E-state index contributed by atoms with van der Waals surface area (Å²) >= 11 is 0. The molecule has 0 unspecified atom stereocenters. The Balaban J connectivity index is 3.13. The molecule has 0 amide bonds. The lowest BCUT2D eigenvalue weighted by Crippen LogP contribution is -2.27. The van der Waals surface area contributed by atoms with Crippen molar-refractivity contribution in [2.45, 2.75) is 17.5 Å². The van der Waals surface area contributed by atoms with Gasteiger partial charge >= 0.3 is 6.18 Å². The van der Waals surface area contributed by atoms with Crippen molar-refractivity contribution in [2.24, 2.45) is 0 Å². The second-order valence-electron chi connectivity index (χ2n) is 3.47. The van der Waals surface area contributed by atoms with Gasteiger partial charge in [-0.05, 0) is 18.6 Å². The van der Waals surface area contributed by atoms with Gasteiger partial charge in [0.2, 0.25) is 10.0 Å². The highest BCUT2D eigenvalue weighted by atomic mass is 32.2. The van der Waals surface area contributed by atoms with Crippen LogP contribution in [0.5, 0.6) is 0 Å². The predicted octanol–water partition coefficient (Wildman–Crippen LogP) is 2.56. The second kappa shape index (κ2) is 5.53. The highest BCUT2D eigenvalue weighted by molar-refractivity contribution is 7.89. The molecule has 0 spiro atoms. The van der Waals surface area contributed by atoms with Gasteiger partial charge in [-0.3, -0.25) is 0 Å². The maximum absolute atomic E-state index is 12.7. The van der Waals surface area contributed by atoms with E-state index in [1.165, 1.54) is 12.1 Å². The van der Waals surface area contributed by atoms with E-state index in [0.29, 0.717) is 6.42 Å². The number of benzene rings is 1. The van der Waals surface area contributed by atoms with E-state index in [0.717, 1.165) is 18.2 Å². The van der Waals surface area contributed by atoms with Crippen molar-refractivity contribution >= 4 is 10.0 Å². The molecule has 0 radical (unpaired) electrons. The summed E-state index contributed by atoms with van der Waals surface area (Å²) in [7, 11) is -4.16. The maximum Gasteiger partial charge on any atom is 0.417 e. The quantitative estimate of drug-likeness (QED) is 0.665. The minimum atomic E-state index is -4.70. The van der Waals surface area contributed by atoms with Crippen LogP contribution in [0, 0.1) is 0 Å². The van der Waals surface area contributed by atoms with Crippen LogP contribution in [0.25, 0.3) is 0 Å². The van der Waals surface area contributed by atoms with E-state index in [4.69, 9.17) is 0 Å². The molecule has 0 aliphatic rings. The topological polar surface area (TPSA) is 46.2 Å². The third kappa shape index (κ3) is 3.58. The van der Waals surface area contributed by atoms with E-state index in [9.17, 15) is 21.6 Å². The molecule has 7 heteroatoms. The van der Waals surface area contributed by atoms with Gasteiger partial charge in [0.05, 0.1) is 10.5 Å². The first kappa shape index (κ1) is 14.7. The molecule has 0 atom stereocenters. The van der Waals surface area contributed by atoms with Crippen LogP contribution >= 0.6 is 0 Å². The van der Waals surface area contributed by atoms with Gasteiger partial charge in [-0.15, -0.1) is 6.58 Å². The average Bonchev–Trinajstić information content (AvgIpc) is 2.28. The Bertz CT molecular complexity index is 523. The standard InChI is InChI=1S/C11H12F3NO2S/c1-2-3-8-15-18(16,17)10-7-5-4-6-9(10)11(12,13)14/h2,4-7,15H,1,3,8H2. The number of nitrogens with one attached hydrogen (secondary N) is 1. The highest BCUT2D eigenvalue weighted by Crippen LogP contribution is 2.33. The molecule has 1 rings (SSSR count). The lowest BCUT2D eigenvalue weighted by Gasteiger charge is -2.13. The third-order valence-corrected chi connectivity index (χ3v) is 3.64. The summed E-state index contributed by atoms with van der Waals surface area (Å²) in [6.07, 6.45) is -2.89. The van der Waals surface area contributed by atoms with Crippen LogP contribution < -0.4 is 4.72 Å². The van der Waals surface area contributed by atoms with Gasteiger partial charge in [-0.2, -0.15) is 13.2 Å². The van der Waals surface area contributed by atoms with Crippen molar-refractivity contribution in [1.82, 2.24) is 4.72 Å². The minimum Gasteiger partial charge on any atom is -0.211 e. The Kier molecular flexibility index (Phi) is 4.53. The maximum atomic E-state index is 12.7. The Labute approximate surface area is 103 Å². The summed E-state index contributed by atoms with van der Waals surface area (Å²) in [5, 5.41) is 0. The minimum absolute atomic E-state index is 0.0119. The number of sulfonamides is 1. The molecule has 1 N–H and O–H groups in total. The second-order valence-corrected chi connectivity index (χ2v) is 5.20. The van der Waals surface area contributed by atoms with Crippen LogP contribution in [0.1, 0.15) is 12.0 Å². The monoisotopic (exact) mass is 279 g/mol. The van der Waals surface area contributed by atoms with Crippen LogP contribution in [-0.2, 0) is 16.2 Å². The van der Waals surface area contributed by atoms with Crippen LogP contribution in [0.15, 0.2) is 41.8 Å². The van der Waals surface area contributed by atoms with E-state index >= 15 is 0 Å². The molecule has 1 aromatic carbocycles. The Morgan fingerprint density at radius 2 is 1.89 bits per heavy atom. The summed E-state index contributed by atoms with van der Waals surface area (Å²) in [5.41, 5.74) is -1.17. The number of hydrogen-bond donors (Lipinski definition) is 1. The molecule has 18 heavy (non-hydrogen) atoms. The van der Waals surface area contributed by atoms with Gasteiger partial charge in [0.1, 0.15) is 0 Å². The van der Waals surface area contributed by atoms with Crippen LogP contribution in [0.4, 0.5) is 13.2 Å². The van der Waals surface area contributed by atoms with Gasteiger partial charge in [0.15, 0.2) is 0 Å². The van der Waals surface area contributed by atoms with Crippen molar-refractivity contribution in [3.63, 3.8) is 0 Å². The first-order valence-corrected chi connectivity index (χ1v) is 6.54. The molecule has 0 heterocycles. The lowest BCUT2D eigenvalue weighted by molar-refractivity contribution is -0.139. The van der Waals surface area contributed by atoms with E-state index in [-0.39, 0.29) is 6.54 Å². The molecular formula is C11H12F3NO2S. The van der Waals surface area contributed by atoms with Gasteiger partial charge in [-0.1, -0.05) is 18.2 Å². The summed E-state index contributed by atoms with van der Waals surface area (Å²) in [5.74, 6) is 0. The van der Waals surface area contributed by atoms with Crippen LogP contribution in [0.2, 0.25) is 0 Å². The first-order valence-electron chi connectivity index (χ1n) is 5.06. The summed E-state index contributed by atoms with van der Waals surface area (Å²) < 4.78 is 63.5. The molecule has 0 aromatic heterocycles. The molecule has 1 aromatic rings. The van der Waals surface area contributed by atoms with Crippen molar-refractivity contribution in [3.05, 3.63) is 42.5 Å². The fourth-order valence-electron chi connectivity index (χ4n) is 1.31. The van der Waals surface area contributed by atoms with Crippen molar-refractivity contribution in [3.8, 4) is 0 Å². The number of halogens is 3. The van der Waals surface area contributed by atoms with E-state index in [1.54, 1.807) is 0 Å². The molecule has 100 valence electrons. The van der Waals surface area contributed by atoms with Crippen molar-refractivity contribution < 1.29 is 21.6 Å². The molecular weight excluding hydrogens is 267 g/mol. The highest BCUT2D eigenvalue weighted by Gasteiger charge is 2.36. The number of hydrogen-bond acceptors (Lipinski definition) is 2. The Morgan fingerprint density at radius 3 is 2.44 bits per heavy atom. The van der Waals surface area contributed by atoms with Gasteiger partial charge in [0, 0.05) is 6.54 Å². The van der Waals surface area contributed by atoms with Gasteiger partial charge < -0.3 is 0 Å². The van der Waals surface area contributed by atoms with Gasteiger partial charge in [-0.25, -0.2) is 13.1 Å². The van der Waals surface area contributed by atoms with Crippen LogP contribution in [0.3, 0.4) is 0 Å². The molecule has 0 aliphatic carbocycles. The van der Waals surface area contributed by atoms with Gasteiger partial charge in [0.25, 0.3) is 0 Å². The summed E-state index contributed by atoms with van der Waals surface area (Å²) in [4.78, 5) is -0.762. The molecule has 0 saturated heterocycles. The Morgan fingerprint density at radius 1 is 1.28 bits per heavy atom. The number of rotatable bonds is 5. The lowest BCUT2D eigenvalue weighted by atomic mass is 10.2. The largest absolute Gasteiger partial charge is 0.417 e. The van der Waals surface area contributed by atoms with Crippen molar-refractivity contribution in [2.75, 3.05) is 6.54 Å². The Hall–Kier alpha value is -1.34. The molecule has 0 bridgehead atoms. The average molecular weight is 279 g/mol. The smallest absolute Gasteiger partial charge is 0.211 e. The third-order valence-electron chi connectivity index (χ3n) is 2.12. The molecule has 0 saturated carbocycles. The van der Waals surface area contributed by atoms with E-state index < -0.39 is 26.7 Å². The zero-order valence-electron chi connectivity index (χ0n) is 9.37. The van der Waals surface area contributed by atoms with E-state index in [1.807, 2.05) is 0 Å². The number of alkyl halides is 3. The zero-order chi connectivity index (χ0) is 13.8. The normalized spacial score (nSPS) is 12.4. The zero-order valence-corrected chi connectivity index (χ0v) is 10.2. The molecule has 0 fully saturated rings. The SMILES string of the molecule is C=CCCNS(=O)(=O)c1ccccc1C(F)(F)F. The summed E-state index contributed by atoms with van der Waals surface area (Å²) in [6, 6.07) is 4.06. The van der Waals surface area contributed by atoms with Crippen molar-refractivity contribution in [1.29, 1.82) is 0 Å². The van der Waals surface area contributed by atoms with E-state index in [2.05, 4.69) is 11.3 Å². The predicted molar refractivity (Wildman–Crippen MR) is 61.4 cm³/mol. The fraction of sp³-hybridized carbons (Fsp3) is 0.273. The molecule has 0 aliphatic heterocycles.